The van der Waals surface area contributed by atoms with Crippen LogP contribution in [0.4, 0.5) is 4.39 Å². The highest BCUT2D eigenvalue weighted by atomic mass is 19.1. The molecule has 0 bridgehead atoms. The van der Waals surface area contributed by atoms with Crippen LogP contribution in [0.5, 0.6) is 17.2 Å². The van der Waals surface area contributed by atoms with Crippen LogP contribution >= 0.6 is 0 Å². The largest absolute Gasteiger partial charge is 0.497 e. The summed E-state index contributed by atoms with van der Waals surface area (Å²) in [5, 5.41) is 6.03. The SMILES string of the molecule is COc1ccc(OCC(=O)N/N=C\c2c(OCc3ccc(F)cc3)ccc3ccccc23)cc1. The summed E-state index contributed by atoms with van der Waals surface area (Å²) >= 11 is 0. The molecule has 0 aliphatic heterocycles. The van der Waals surface area contributed by atoms with Crippen molar-refractivity contribution in [2.45, 2.75) is 6.61 Å². The molecular formula is C27H23FN2O4. The molecule has 4 aromatic carbocycles. The van der Waals surface area contributed by atoms with E-state index in [4.69, 9.17) is 14.2 Å². The smallest absolute Gasteiger partial charge is 0.277 e. The minimum Gasteiger partial charge on any atom is -0.497 e. The molecule has 0 aliphatic carbocycles. The third-order valence-corrected chi connectivity index (χ3v) is 5.05. The highest BCUT2D eigenvalue weighted by molar-refractivity contribution is 6.02. The van der Waals surface area contributed by atoms with Crippen molar-refractivity contribution >= 4 is 22.9 Å². The Kier molecular flexibility index (Phi) is 7.35. The second-order valence-electron chi connectivity index (χ2n) is 7.37. The molecular weight excluding hydrogens is 435 g/mol. The summed E-state index contributed by atoms with van der Waals surface area (Å²) in [5.41, 5.74) is 4.03. The third kappa shape index (κ3) is 5.89. The van der Waals surface area contributed by atoms with Gasteiger partial charge in [0.15, 0.2) is 6.61 Å². The molecule has 0 radical (unpaired) electrons. The fourth-order valence-corrected chi connectivity index (χ4v) is 3.30. The molecule has 6 nitrogen and oxygen atoms in total. The molecule has 4 aromatic rings. The zero-order chi connectivity index (χ0) is 23.8. The number of nitrogens with one attached hydrogen (secondary N) is 1. The van der Waals surface area contributed by atoms with Gasteiger partial charge in [-0.3, -0.25) is 4.79 Å². The van der Waals surface area contributed by atoms with Crippen LogP contribution in [0.2, 0.25) is 0 Å². The monoisotopic (exact) mass is 458 g/mol. The quantitative estimate of drug-likeness (QED) is 0.280. The van der Waals surface area contributed by atoms with Gasteiger partial charge in [-0.2, -0.15) is 5.10 Å². The molecule has 0 atom stereocenters. The van der Waals surface area contributed by atoms with E-state index in [1.54, 1.807) is 49.7 Å². The normalized spacial score (nSPS) is 10.9. The first kappa shape index (κ1) is 22.8. The molecule has 0 aliphatic rings. The zero-order valence-electron chi connectivity index (χ0n) is 18.5. The molecule has 34 heavy (non-hydrogen) atoms. The number of nitrogens with zero attached hydrogens (tertiary/aromatic N) is 1. The second kappa shape index (κ2) is 11.0. The molecule has 0 aromatic heterocycles. The fourth-order valence-electron chi connectivity index (χ4n) is 3.30. The standard InChI is InChI=1S/C27H23FN2O4/c1-32-22-11-13-23(14-12-22)33-18-27(31)30-29-16-25-24-5-3-2-4-20(24)8-15-26(25)34-17-19-6-9-21(28)10-7-19/h2-16H,17-18H2,1H3,(H,30,31)/b29-16-. The number of carbonyl (C=O) groups excluding carboxylic acids is 1. The first-order valence-electron chi connectivity index (χ1n) is 10.6. The molecule has 172 valence electrons. The van der Waals surface area contributed by atoms with E-state index < -0.39 is 5.91 Å². The van der Waals surface area contributed by atoms with Crippen LogP contribution in [-0.4, -0.2) is 25.8 Å². The second-order valence-corrected chi connectivity index (χ2v) is 7.37. The van der Waals surface area contributed by atoms with Crippen LogP contribution in [0.1, 0.15) is 11.1 Å². The number of rotatable bonds is 9. The lowest BCUT2D eigenvalue weighted by Crippen LogP contribution is -2.24. The number of amides is 1. The first-order chi connectivity index (χ1) is 16.6. The lowest BCUT2D eigenvalue weighted by molar-refractivity contribution is -0.123. The van der Waals surface area contributed by atoms with Crippen LogP contribution in [0, 0.1) is 5.82 Å². The molecule has 0 spiro atoms. The Morgan fingerprint density at radius 3 is 2.41 bits per heavy atom. The molecule has 0 saturated heterocycles. The van der Waals surface area contributed by atoms with Gasteiger partial charge in [-0.1, -0.05) is 42.5 Å². The topological polar surface area (TPSA) is 69.2 Å². The summed E-state index contributed by atoms with van der Waals surface area (Å²) in [5.74, 6) is 1.14. The summed E-state index contributed by atoms with van der Waals surface area (Å²) in [6.07, 6.45) is 1.55. The summed E-state index contributed by atoms with van der Waals surface area (Å²) in [6.45, 7) is 0.0780. The average molecular weight is 458 g/mol. The Bertz CT molecular complexity index is 1290. The van der Waals surface area contributed by atoms with Crippen molar-refractivity contribution in [1.29, 1.82) is 0 Å². The van der Waals surface area contributed by atoms with E-state index in [0.717, 1.165) is 21.9 Å². The lowest BCUT2D eigenvalue weighted by Gasteiger charge is -2.12. The summed E-state index contributed by atoms with van der Waals surface area (Å²) in [4.78, 5) is 12.2. The number of methoxy groups -OCH3 is 1. The Morgan fingerprint density at radius 1 is 0.912 bits per heavy atom. The first-order valence-corrected chi connectivity index (χ1v) is 10.6. The Hall–Kier alpha value is -4.39. The van der Waals surface area contributed by atoms with Crippen molar-refractivity contribution in [1.82, 2.24) is 5.43 Å². The van der Waals surface area contributed by atoms with Crippen LogP contribution in [0.15, 0.2) is 90.0 Å². The van der Waals surface area contributed by atoms with Gasteiger partial charge in [-0.25, -0.2) is 9.82 Å². The average Bonchev–Trinajstić information content (AvgIpc) is 2.88. The maximum atomic E-state index is 13.2. The molecule has 7 heteroatoms. The summed E-state index contributed by atoms with van der Waals surface area (Å²) < 4.78 is 29.7. The number of carbonyl (C=O) groups is 1. The van der Waals surface area contributed by atoms with Crippen molar-refractivity contribution in [3.63, 3.8) is 0 Å². The molecule has 4 rings (SSSR count). The van der Waals surface area contributed by atoms with Gasteiger partial charge in [0.25, 0.3) is 5.91 Å². The van der Waals surface area contributed by atoms with E-state index in [2.05, 4.69) is 10.5 Å². The van der Waals surface area contributed by atoms with Crippen LogP contribution in [0.3, 0.4) is 0 Å². The minimum atomic E-state index is -0.402. The van der Waals surface area contributed by atoms with Crippen molar-refractivity contribution < 1.29 is 23.4 Å². The van der Waals surface area contributed by atoms with Gasteiger partial charge in [-0.15, -0.1) is 0 Å². The number of halogens is 1. The Balaban J connectivity index is 1.43. The maximum Gasteiger partial charge on any atom is 0.277 e. The molecule has 0 heterocycles. The summed E-state index contributed by atoms with van der Waals surface area (Å²) in [6, 6.07) is 24.7. The van der Waals surface area contributed by atoms with E-state index in [1.807, 2.05) is 36.4 Å². The van der Waals surface area contributed by atoms with E-state index in [1.165, 1.54) is 12.1 Å². The van der Waals surface area contributed by atoms with Gasteiger partial charge in [-0.05, 0) is 58.8 Å². The third-order valence-electron chi connectivity index (χ3n) is 5.05. The van der Waals surface area contributed by atoms with Gasteiger partial charge in [0.2, 0.25) is 0 Å². The highest BCUT2D eigenvalue weighted by Gasteiger charge is 2.09. The molecule has 0 fully saturated rings. The maximum absolute atomic E-state index is 13.2. The van der Waals surface area contributed by atoms with Gasteiger partial charge in [0.05, 0.1) is 13.3 Å². The number of hydrogen-bond acceptors (Lipinski definition) is 5. The van der Waals surface area contributed by atoms with Gasteiger partial charge >= 0.3 is 0 Å². The minimum absolute atomic E-state index is 0.187. The van der Waals surface area contributed by atoms with Crippen molar-refractivity contribution in [3.8, 4) is 17.2 Å². The molecule has 0 unspecified atom stereocenters. The van der Waals surface area contributed by atoms with E-state index in [0.29, 0.717) is 17.2 Å². The van der Waals surface area contributed by atoms with Crippen LogP contribution < -0.4 is 19.6 Å². The van der Waals surface area contributed by atoms with Crippen molar-refractivity contribution in [3.05, 3.63) is 102 Å². The highest BCUT2D eigenvalue weighted by Crippen LogP contribution is 2.27. The van der Waals surface area contributed by atoms with E-state index >= 15 is 0 Å². The molecule has 1 amide bonds. The van der Waals surface area contributed by atoms with Gasteiger partial charge in [0.1, 0.15) is 29.7 Å². The molecule has 0 saturated carbocycles. The van der Waals surface area contributed by atoms with Crippen LogP contribution in [0.25, 0.3) is 10.8 Å². The molecule has 1 N–H and O–H groups in total. The van der Waals surface area contributed by atoms with Gasteiger partial charge in [0, 0.05) is 5.56 Å². The van der Waals surface area contributed by atoms with E-state index in [-0.39, 0.29) is 19.0 Å². The predicted octanol–water partition coefficient (Wildman–Crippen LogP) is 5.10. The predicted molar refractivity (Wildman–Crippen MR) is 129 cm³/mol. The zero-order valence-corrected chi connectivity index (χ0v) is 18.5. The number of fused-ring (bicyclic) bond motifs is 1. The lowest BCUT2D eigenvalue weighted by atomic mass is 10.0. The Labute approximate surface area is 196 Å². The van der Waals surface area contributed by atoms with Crippen LogP contribution in [-0.2, 0) is 11.4 Å². The van der Waals surface area contributed by atoms with E-state index in [9.17, 15) is 9.18 Å². The van der Waals surface area contributed by atoms with Crippen molar-refractivity contribution in [2.24, 2.45) is 5.10 Å². The Morgan fingerprint density at radius 2 is 1.65 bits per heavy atom. The number of hydrogen-bond donors (Lipinski definition) is 1. The number of hydrazone groups is 1. The summed E-state index contributed by atoms with van der Waals surface area (Å²) in [7, 11) is 1.58. The fraction of sp³-hybridized carbons (Fsp3) is 0.111. The number of benzene rings is 4. The van der Waals surface area contributed by atoms with Gasteiger partial charge < -0.3 is 14.2 Å². The number of ether oxygens (including phenoxy) is 3. The van der Waals surface area contributed by atoms with Crippen molar-refractivity contribution in [2.75, 3.05) is 13.7 Å².